The number of likely N-dealkylation sites (tertiary alicyclic amines) is 1. The molecular formula is C30H38N2O. The molecule has 2 fully saturated rings. The largest absolute Gasteiger partial charge is 0.395 e. The van der Waals surface area contributed by atoms with E-state index >= 15 is 0 Å². The topological polar surface area (TPSA) is 35.5 Å². The zero-order chi connectivity index (χ0) is 22.6. The van der Waals surface area contributed by atoms with Gasteiger partial charge in [-0.3, -0.25) is 4.90 Å². The van der Waals surface area contributed by atoms with Gasteiger partial charge in [-0.15, -0.1) is 0 Å². The molecule has 1 saturated heterocycles. The first kappa shape index (κ1) is 22.6. The molecule has 3 nitrogen and oxygen atoms in total. The minimum atomic E-state index is 0.283. The summed E-state index contributed by atoms with van der Waals surface area (Å²) >= 11 is 0. The number of hydrogen-bond donors (Lipinski definition) is 2. The van der Waals surface area contributed by atoms with Crippen molar-refractivity contribution in [1.29, 1.82) is 0 Å². The summed E-state index contributed by atoms with van der Waals surface area (Å²) in [7, 11) is 0. The Morgan fingerprint density at radius 3 is 2.61 bits per heavy atom. The van der Waals surface area contributed by atoms with Gasteiger partial charge < -0.3 is 10.4 Å². The number of fused-ring (bicyclic) bond motifs is 1. The summed E-state index contributed by atoms with van der Waals surface area (Å²) < 4.78 is 0. The molecule has 5 rings (SSSR count). The van der Waals surface area contributed by atoms with Gasteiger partial charge in [0.1, 0.15) is 0 Å². The highest BCUT2D eigenvalue weighted by molar-refractivity contribution is 5.86. The Hall–Kier alpha value is -2.20. The molecule has 33 heavy (non-hydrogen) atoms. The van der Waals surface area contributed by atoms with Crippen molar-refractivity contribution in [3.63, 3.8) is 0 Å². The van der Waals surface area contributed by atoms with E-state index < -0.39 is 0 Å². The van der Waals surface area contributed by atoms with Crippen molar-refractivity contribution in [1.82, 2.24) is 10.2 Å². The number of nitrogens with one attached hydrogen (secondary N) is 1. The Labute approximate surface area is 198 Å². The molecule has 0 radical (unpaired) electrons. The van der Waals surface area contributed by atoms with Gasteiger partial charge in [-0.25, -0.2) is 0 Å². The van der Waals surface area contributed by atoms with E-state index in [-0.39, 0.29) is 6.61 Å². The molecule has 2 N–H and O–H groups in total. The van der Waals surface area contributed by atoms with Crippen molar-refractivity contribution in [2.24, 2.45) is 0 Å². The first-order valence-electron chi connectivity index (χ1n) is 12.9. The van der Waals surface area contributed by atoms with Crippen molar-refractivity contribution < 1.29 is 5.11 Å². The second kappa shape index (κ2) is 10.4. The van der Waals surface area contributed by atoms with Gasteiger partial charge in [0.2, 0.25) is 0 Å². The molecule has 1 saturated carbocycles. The SMILES string of the molecule is C[C@@H](NC1CCCC(c2ccc(CN3CCC[C@H]3CO)cc2)C1)c1cccc2ccccc12. The summed E-state index contributed by atoms with van der Waals surface area (Å²) in [5, 5.41) is 16.2. The number of rotatable bonds is 7. The monoisotopic (exact) mass is 442 g/mol. The van der Waals surface area contributed by atoms with Gasteiger partial charge in [0.25, 0.3) is 0 Å². The molecular weight excluding hydrogens is 404 g/mol. The highest BCUT2D eigenvalue weighted by Crippen LogP contribution is 2.35. The maximum Gasteiger partial charge on any atom is 0.0587 e. The maximum atomic E-state index is 9.59. The summed E-state index contributed by atoms with van der Waals surface area (Å²) in [6.45, 7) is 4.67. The lowest BCUT2D eigenvalue weighted by Gasteiger charge is -2.33. The van der Waals surface area contributed by atoms with Crippen LogP contribution in [0.5, 0.6) is 0 Å². The van der Waals surface area contributed by atoms with E-state index in [4.69, 9.17) is 0 Å². The summed E-state index contributed by atoms with van der Waals surface area (Å²) in [4.78, 5) is 2.43. The van der Waals surface area contributed by atoms with Crippen LogP contribution in [0.25, 0.3) is 10.8 Å². The van der Waals surface area contributed by atoms with Gasteiger partial charge in [-0.05, 0) is 79.0 Å². The van der Waals surface area contributed by atoms with Gasteiger partial charge in [0.05, 0.1) is 6.61 Å². The van der Waals surface area contributed by atoms with Crippen LogP contribution >= 0.6 is 0 Å². The predicted octanol–water partition coefficient (Wildman–Crippen LogP) is 6.17. The molecule has 1 aliphatic carbocycles. The van der Waals surface area contributed by atoms with Crippen LogP contribution in [-0.4, -0.2) is 35.2 Å². The third kappa shape index (κ3) is 5.16. The molecule has 2 unspecified atom stereocenters. The fourth-order valence-corrected chi connectivity index (χ4v) is 6.16. The lowest BCUT2D eigenvalue weighted by atomic mass is 9.80. The van der Waals surface area contributed by atoms with Crippen LogP contribution in [0.3, 0.4) is 0 Å². The Morgan fingerprint density at radius 2 is 1.76 bits per heavy atom. The van der Waals surface area contributed by atoms with E-state index in [9.17, 15) is 5.11 Å². The molecule has 3 heteroatoms. The zero-order valence-electron chi connectivity index (χ0n) is 19.9. The van der Waals surface area contributed by atoms with E-state index in [1.807, 2.05) is 0 Å². The van der Waals surface area contributed by atoms with Crippen molar-refractivity contribution in [2.45, 2.75) is 76.0 Å². The van der Waals surface area contributed by atoms with Crippen molar-refractivity contribution in [3.8, 4) is 0 Å². The first-order valence-corrected chi connectivity index (χ1v) is 12.9. The smallest absolute Gasteiger partial charge is 0.0587 e. The lowest BCUT2D eigenvalue weighted by Crippen LogP contribution is -2.35. The average molecular weight is 443 g/mol. The van der Waals surface area contributed by atoms with Gasteiger partial charge in [0.15, 0.2) is 0 Å². The quantitative estimate of drug-likeness (QED) is 0.459. The molecule has 2 aliphatic rings. The molecule has 1 aliphatic heterocycles. The highest BCUT2D eigenvalue weighted by Gasteiger charge is 2.26. The van der Waals surface area contributed by atoms with Crippen LogP contribution in [-0.2, 0) is 6.54 Å². The fraction of sp³-hybridized carbons (Fsp3) is 0.467. The van der Waals surface area contributed by atoms with Crippen LogP contribution in [0.2, 0.25) is 0 Å². The van der Waals surface area contributed by atoms with Gasteiger partial charge in [-0.2, -0.15) is 0 Å². The lowest BCUT2D eigenvalue weighted by molar-refractivity contribution is 0.153. The molecule has 0 bridgehead atoms. The number of hydrogen-bond acceptors (Lipinski definition) is 3. The third-order valence-corrected chi connectivity index (χ3v) is 8.00. The Morgan fingerprint density at radius 1 is 0.939 bits per heavy atom. The molecule has 4 atom stereocenters. The fourth-order valence-electron chi connectivity index (χ4n) is 6.16. The number of aliphatic hydroxyl groups excluding tert-OH is 1. The standard InChI is InChI=1S/C30H38N2O/c1-22(29-13-5-8-25-7-2-3-12-30(25)29)31-27-10-4-9-26(19-27)24-16-14-23(15-17-24)20-32-18-6-11-28(32)21-33/h2-3,5,7-8,12-17,22,26-28,31,33H,4,6,9-11,18-21H2,1H3/t22-,26?,27?,28+/m1/s1. The normalized spacial score (nSPS) is 24.8. The van der Waals surface area contributed by atoms with E-state index in [1.54, 1.807) is 0 Å². The Bertz CT molecular complexity index is 1040. The van der Waals surface area contributed by atoms with Gasteiger partial charge in [0, 0.05) is 24.7 Å². The van der Waals surface area contributed by atoms with E-state index in [0.717, 1.165) is 19.5 Å². The van der Waals surface area contributed by atoms with Crippen LogP contribution in [0, 0.1) is 0 Å². The van der Waals surface area contributed by atoms with Gasteiger partial charge in [-0.1, -0.05) is 73.2 Å². The van der Waals surface area contributed by atoms with E-state index in [1.165, 1.54) is 59.6 Å². The van der Waals surface area contributed by atoms with Crippen LogP contribution < -0.4 is 5.32 Å². The summed E-state index contributed by atoms with van der Waals surface area (Å²) in [5.74, 6) is 0.641. The van der Waals surface area contributed by atoms with Crippen molar-refractivity contribution >= 4 is 10.8 Å². The van der Waals surface area contributed by atoms with Gasteiger partial charge >= 0.3 is 0 Å². The number of benzene rings is 3. The second-order valence-electron chi connectivity index (χ2n) is 10.2. The van der Waals surface area contributed by atoms with Crippen molar-refractivity contribution in [3.05, 3.63) is 83.4 Å². The molecule has 3 aromatic rings. The molecule has 3 aromatic carbocycles. The molecule has 0 aromatic heterocycles. The molecule has 0 amide bonds. The summed E-state index contributed by atoms with van der Waals surface area (Å²) in [5.41, 5.74) is 4.26. The van der Waals surface area contributed by atoms with Crippen LogP contribution in [0.15, 0.2) is 66.7 Å². The summed E-state index contributed by atoms with van der Waals surface area (Å²) in [6.07, 6.45) is 7.39. The second-order valence-corrected chi connectivity index (χ2v) is 10.2. The third-order valence-electron chi connectivity index (χ3n) is 8.00. The Kier molecular flexibility index (Phi) is 7.10. The zero-order valence-corrected chi connectivity index (χ0v) is 19.9. The molecule has 1 heterocycles. The highest BCUT2D eigenvalue weighted by atomic mass is 16.3. The average Bonchev–Trinajstić information content (AvgIpc) is 3.31. The van der Waals surface area contributed by atoms with Crippen molar-refractivity contribution in [2.75, 3.05) is 13.2 Å². The maximum absolute atomic E-state index is 9.59. The van der Waals surface area contributed by atoms with E-state index in [2.05, 4.69) is 83.9 Å². The minimum absolute atomic E-state index is 0.283. The minimum Gasteiger partial charge on any atom is -0.395 e. The first-order chi connectivity index (χ1) is 16.2. The molecule has 174 valence electrons. The van der Waals surface area contributed by atoms with Crippen LogP contribution in [0.4, 0.5) is 0 Å². The van der Waals surface area contributed by atoms with E-state index in [0.29, 0.717) is 24.0 Å². The summed E-state index contributed by atoms with van der Waals surface area (Å²) in [6, 6.07) is 26.0. The molecule has 0 spiro atoms. The Balaban J connectivity index is 1.21. The van der Waals surface area contributed by atoms with Crippen LogP contribution in [0.1, 0.15) is 74.1 Å². The number of nitrogens with zero attached hydrogens (tertiary/aromatic N) is 1. The number of aliphatic hydroxyl groups is 1. The predicted molar refractivity (Wildman–Crippen MR) is 137 cm³/mol.